The molecule has 1 heterocycles. The number of hydrogen-bond donors (Lipinski definition) is 2. The number of urea groups is 1. The topological polar surface area (TPSA) is 84.5 Å². The predicted octanol–water partition coefficient (Wildman–Crippen LogP) is 1.66. The predicted molar refractivity (Wildman–Crippen MR) is 76.4 cm³/mol. The van der Waals surface area contributed by atoms with Crippen LogP contribution < -0.4 is 15.4 Å². The van der Waals surface area contributed by atoms with Crippen LogP contribution in [0.4, 0.5) is 14.9 Å². The van der Waals surface area contributed by atoms with E-state index >= 15 is 0 Å². The van der Waals surface area contributed by atoms with Crippen molar-refractivity contribution in [3.63, 3.8) is 0 Å². The average Bonchev–Trinajstić information content (AvgIpc) is 2.72. The van der Waals surface area contributed by atoms with Gasteiger partial charge in [0.15, 0.2) is 9.84 Å². The first-order valence-electron chi connectivity index (χ1n) is 6.30. The monoisotopic (exact) mass is 314 g/mol. The minimum atomic E-state index is -3.25. The Morgan fingerprint density at radius 2 is 2.24 bits per heavy atom. The van der Waals surface area contributed by atoms with Crippen LogP contribution in [0, 0.1) is 5.82 Å². The molecule has 0 radical (unpaired) electrons. The number of halogens is 1. The molecule has 2 N–H and O–H groups in total. The summed E-state index contributed by atoms with van der Waals surface area (Å²) in [7, 11) is -3.25. The molecule has 1 atom stereocenters. The number of carbonyl (C=O) groups is 1. The number of hydrogen-bond acceptors (Lipinski definition) is 4. The number of benzene rings is 1. The van der Waals surface area contributed by atoms with Gasteiger partial charge in [0.25, 0.3) is 0 Å². The summed E-state index contributed by atoms with van der Waals surface area (Å²) in [6.07, 6.45) is 1.38. The molecule has 1 aliphatic heterocycles. The fourth-order valence-electron chi connectivity index (χ4n) is 1.85. The minimum absolute atomic E-state index is 0.0132. The molecule has 0 spiro atoms. The summed E-state index contributed by atoms with van der Waals surface area (Å²) < 4.78 is 41.3. The zero-order chi connectivity index (χ0) is 15.5. The Morgan fingerprint density at radius 3 is 2.81 bits per heavy atom. The first kappa shape index (κ1) is 15.3. The summed E-state index contributed by atoms with van der Waals surface area (Å²) in [5.41, 5.74) is -0.0132. The van der Waals surface area contributed by atoms with Gasteiger partial charge >= 0.3 is 6.03 Å². The summed E-state index contributed by atoms with van der Waals surface area (Å²) in [4.78, 5) is 11.7. The van der Waals surface area contributed by atoms with Gasteiger partial charge in [-0.25, -0.2) is 17.6 Å². The van der Waals surface area contributed by atoms with Gasteiger partial charge in [-0.3, -0.25) is 0 Å². The van der Waals surface area contributed by atoms with E-state index < -0.39 is 27.7 Å². The van der Waals surface area contributed by atoms with E-state index in [-0.39, 0.29) is 11.4 Å². The lowest BCUT2D eigenvalue weighted by Crippen LogP contribution is -2.38. The van der Waals surface area contributed by atoms with Crippen molar-refractivity contribution in [2.75, 3.05) is 17.7 Å². The third kappa shape index (κ3) is 4.19. The van der Waals surface area contributed by atoms with Gasteiger partial charge in [-0.05, 0) is 25.1 Å². The van der Waals surface area contributed by atoms with E-state index in [0.29, 0.717) is 12.4 Å². The Balaban J connectivity index is 1.95. The molecule has 0 saturated carbocycles. The van der Waals surface area contributed by atoms with Crippen LogP contribution in [0.5, 0.6) is 5.75 Å². The largest absolute Gasteiger partial charge is 0.494 e. The maximum absolute atomic E-state index is 13.7. The second kappa shape index (κ2) is 6.13. The molecule has 0 fully saturated rings. The zero-order valence-corrected chi connectivity index (χ0v) is 12.1. The van der Waals surface area contributed by atoms with Gasteiger partial charge in [-0.2, -0.15) is 0 Å². The molecule has 21 heavy (non-hydrogen) atoms. The smallest absolute Gasteiger partial charge is 0.319 e. The van der Waals surface area contributed by atoms with Crippen molar-refractivity contribution in [2.45, 2.75) is 13.0 Å². The summed E-state index contributed by atoms with van der Waals surface area (Å²) >= 11 is 0. The first-order valence-corrected chi connectivity index (χ1v) is 8.02. The number of sulfone groups is 1. The maximum Gasteiger partial charge on any atom is 0.319 e. The molecule has 1 aromatic carbocycles. The summed E-state index contributed by atoms with van der Waals surface area (Å²) in [6.45, 7) is 2.19. The van der Waals surface area contributed by atoms with Crippen molar-refractivity contribution >= 4 is 21.6 Å². The molecule has 1 aromatic rings. The minimum Gasteiger partial charge on any atom is -0.494 e. The number of ether oxygens (including phenoxy) is 1. The highest BCUT2D eigenvalue weighted by Gasteiger charge is 2.23. The lowest BCUT2D eigenvalue weighted by atomic mass is 10.3. The van der Waals surface area contributed by atoms with Gasteiger partial charge in [0.2, 0.25) is 0 Å². The fraction of sp³-hybridized carbons (Fsp3) is 0.308. The van der Waals surface area contributed by atoms with E-state index in [9.17, 15) is 17.6 Å². The van der Waals surface area contributed by atoms with Crippen molar-refractivity contribution in [3.05, 3.63) is 35.5 Å². The van der Waals surface area contributed by atoms with E-state index in [1.165, 1.54) is 24.3 Å². The molecular weight excluding hydrogens is 299 g/mol. The van der Waals surface area contributed by atoms with E-state index in [4.69, 9.17) is 4.74 Å². The lowest BCUT2D eigenvalue weighted by molar-refractivity contribution is 0.251. The zero-order valence-electron chi connectivity index (χ0n) is 11.3. The number of anilines is 1. The van der Waals surface area contributed by atoms with Crippen LogP contribution in [0.25, 0.3) is 0 Å². The average molecular weight is 314 g/mol. The molecule has 2 rings (SSSR count). The summed E-state index contributed by atoms with van der Waals surface area (Å²) in [5.74, 6) is -0.455. The van der Waals surface area contributed by atoms with Crippen molar-refractivity contribution in [3.8, 4) is 5.75 Å². The van der Waals surface area contributed by atoms with Crippen molar-refractivity contribution in [1.29, 1.82) is 0 Å². The summed E-state index contributed by atoms with van der Waals surface area (Å²) in [6, 6.07) is 2.79. The van der Waals surface area contributed by atoms with Gasteiger partial charge in [0, 0.05) is 11.5 Å². The third-order valence-corrected chi connectivity index (χ3v) is 4.14. The second-order valence-corrected chi connectivity index (χ2v) is 6.37. The Bertz CT molecular complexity index is 673. The van der Waals surface area contributed by atoms with E-state index in [1.54, 1.807) is 6.92 Å². The van der Waals surface area contributed by atoms with E-state index in [2.05, 4.69) is 10.6 Å². The number of rotatable bonds is 4. The van der Waals surface area contributed by atoms with Crippen LogP contribution in [0.3, 0.4) is 0 Å². The standard InChI is InChI=1S/C13H15FN2O4S/c1-2-20-10-3-4-12(11(14)7-10)16-13(17)15-9-5-6-21(18,19)8-9/h3-7,9H,2,8H2,1H3,(H2,15,16,17)/t9-/m1/s1. The molecule has 0 aromatic heterocycles. The highest BCUT2D eigenvalue weighted by molar-refractivity contribution is 7.94. The van der Waals surface area contributed by atoms with Gasteiger partial charge in [-0.15, -0.1) is 0 Å². The highest BCUT2D eigenvalue weighted by Crippen LogP contribution is 2.20. The van der Waals surface area contributed by atoms with E-state index in [1.807, 2.05) is 0 Å². The van der Waals surface area contributed by atoms with Crippen LogP contribution >= 0.6 is 0 Å². The third-order valence-electron chi connectivity index (χ3n) is 2.75. The Labute approximate surface area is 121 Å². The molecule has 6 nitrogen and oxygen atoms in total. The van der Waals surface area contributed by atoms with Crippen molar-refractivity contribution < 1.29 is 22.3 Å². The maximum atomic E-state index is 13.7. The molecule has 0 aliphatic carbocycles. The molecule has 2 amide bonds. The van der Waals surface area contributed by atoms with Gasteiger partial charge < -0.3 is 15.4 Å². The van der Waals surface area contributed by atoms with E-state index in [0.717, 1.165) is 5.41 Å². The highest BCUT2D eigenvalue weighted by atomic mass is 32.2. The Morgan fingerprint density at radius 1 is 1.48 bits per heavy atom. The lowest BCUT2D eigenvalue weighted by Gasteiger charge is -2.12. The molecule has 0 unspecified atom stereocenters. The van der Waals surface area contributed by atoms with Crippen LogP contribution in [-0.2, 0) is 9.84 Å². The van der Waals surface area contributed by atoms with Crippen LogP contribution in [0.1, 0.15) is 6.92 Å². The molecule has 114 valence electrons. The van der Waals surface area contributed by atoms with Gasteiger partial charge in [0.1, 0.15) is 11.6 Å². The van der Waals surface area contributed by atoms with Crippen LogP contribution in [-0.4, -0.2) is 32.9 Å². The van der Waals surface area contributed by atoms with Gasteiger partial charge in [-0.1, -0.05) is 0 Å². The number of nitrogens with one attached hydrogen (secondary N) is 2. The molecular formula is C13H15FN2O4S. The van der Waals surface area contributed by atoms with Gasteiger partial charge in [0.05, 0.1) is 24.1 Å². The molecule has 0 bridgehead atoms. The quantitative estimate of drug-likeness (QED) is 0.885. The molecule has 8 heteroatoms. The summed E-state index contributed by atoms with van der Waals surface area (Å²) in [5, 5.41) is 5.81. The normalized spacial score (nSPS) is 19.2. The SMILES string of the molecule is CCOc1ccc(NC(=O)N[C@@H]2C=CS(=O)(=O)C2)c(F)c1. The van der Waals surface area contributed by atoms with Crippen LogP contribution in [0.2, 0.25) is 0 Å². The van der Waals surface area contributed by atoms with Crippen LogP contribution in [0.15, 0.2) is 29.7 Å². The van der Waals surface area contributed by atoms with Crippen molar-refractivity contribution in [1.82, 2.24) is 5.32 Å². The Hall–Kier alpha value is -2.09. The number of carbonyl (C=O) groups excluding carboxylic acids is 1. The van der Waals surface area contributed by atoms with Crippen molar-refractivity contribution in [2.24, 2.45) is 0 Å². The Kier molecular flexibility index (Phi) is 4.46. The first-order chi connectivity index (χ1) is 9.89. The second-order valence-electron chi connectivity index (χ2n) is 4.44. The fourth-order valence-corrected chi connectivity index (χ4v) is 3.08. The number of amides is 2. The molecule has 1 aliphatic rings. The molecule has 0 saturated heterocycles.